The third-order valence-corrected chi connectivity index (χ3v) is 2.61. The third-order valence-electron chi connectivity index (χ3n) is 2.33. The SMILES string of the molecule is CCn1nc(Cl)c2ccc(C(F)(F)F)cc21. The first-order valence-electron chi connectivity index (χ1n) is 4.66. The van der Waals surface area contributed by atoms with Crippen molar-refractivity contribution in [2.45, 2.75) is 19.6 Å². The van der Waals surface area contributed by atoms with Crippen LogP contribution in [0.2, 0.25) is 5.15 Å². The van der Waals surface area contributed by atoms with Crippen LogP contribution in [0.5, 0.6) is 0 Å². The van der Waals surface area contributed by atoms with Gasteiger partial charge in [-0.15, -0.1) is 0 Å². The lowest BCUT2D eigenvalue weighted by atomic mass is 10.1. The van der Waals surface area contributed by atoms with Crippen LogP contribution >= 0.6 is 11.6 Å². The van der Waals surface area contributed by atoms with Crippen LogP contribution in [0.3, 0.4) is 0 Å². The largest absolute Gasteiger partial charge is 0.416 e. The second kappa shape index (κ2) is 3.66. The van der Waals surface area contributed by atoms with Crippen LogP contribution in [-0.2, 0) is 12.7 Å². The highest BCUT2D eigenvalue weighted by molar-refractivity contribution is 6.34. The van der Waals surface area contributed by atoms with E-state index in [2.05, 4.69) is 5.10 Å². The molecule has 2 nitrogen and oxygen atoms in total. The van der Waals surface area contributed by atoms with Gasteiger partial charge in [-0.1, -0.05) is 11.6 Å². The first kappa shape index (κ1) is 11.3. The number of nitrogens with zero attached hydrogens (tertiary/aromatic N) is 2. The Labute approximate surface area is 94.6 Å². The van der Waals surface area contributed by atoms with Crippen molar-refractivity contribution in [2.75, 3.05) is 0 Å². The normalized spacial score (nSPS) is 12.3. The first-order valence-corrected chi connectivity index (χ1v) is 5.04. The molecular weight excluding hydrogens is 241 g/mol. The highest BCUT2D eigenvalue weighted by Gasteiger charge is 2.31. The van der Waals surface area contributed by atoms with Gasteiger partial charge in [-0.2, -0.15) is 18.3 Å². The molecule has 0 saturated carbocycles. The van der Waals surface area contributed by atoms with Crippen molar-refractivity contribution in [3.63, 3.8) is 0 Å². The molecule has 0 bridgehead atoms. The Kier molecular flexibility index (Phi) is 2.58. The molecule has 86 valence electrons. The van der Waals surface area contributed by atoms with Crippen LogP contribution in [0.4, 0.5) is 13.2 Å². The van der Waals surface area contributed by atoms with Crippen LogP contribution in [0.25, 0.3) is 10.9 Å². The molecule has 2 rings (SSSR count). The fourth-order valence-corrected chi connectivity index (χ4v) is 1.80. The Bertz CT molecular complexity index is 531. The molecule has 0 fully saturated rings. The zero-order chi connectivity index (χ0) is 11.9. The van der Waals surface area contributed by atoms with Crippen molar-refractivity contribution in [2.24, 2.45) is 0 Å². The second-order valence-electron chi connectivity index (χ2n) is 3.34. The minimum atomic E-state index is -4.34. The first-order chi connectivity index (χ1) is 7.43. The average molecular weight is 249 g/mol. The third kappa shape index (κ3) is 1.75. The van der Waals surface area contributed by atoms with Crippen LogP contribution in [0.15, 0.2) is 18.2 Å². The van der Waals surface area contributed by atoms with E-state index in [-0.39, 0.29) is 5.15 Å². The van der Waals surface area contributed by atoms with Crippen molar-refractivity contribution in [1.82, 2.24) is 9.78 Å². The number of hydrogen-bond acceptors (Lipinski definition) is 1. The molecule has 1 aromatic heterocycles. The molecule has 0 radical (unpaired) electrons. The van der Waals surface area contributed by atoms with Crippen molar-refractivity contribution in [1.29, 1.82) is 0 Å². The molecule has 0 aliphatic rings. The van der Waals surface area contributed by atoms with Crippen molar-refractivity contribution in [3.05, 3.63) is 28.9 Å². The zero-order valence-corrected chi connectivity index (χ0v) is 9.10. The molecule has 0 saturated heterocycles. The Morgan fingerprint density at radius 1 is 1.38 bits per heavy atom. The number of hydrogen-bond donors (Lipinski definition) is 0. The van der Waals surface area contributed by atoms with Crippen LogP contribution in [0, 0.1) is 0 Å². The van der Waals surface area contributed by atoms with Gasteiger partial charge in [-0.3, -0.25) is 4.68 Å². The monoisotopic (exact) mass is 248 g/mol. The number of fused-ring (bicyclic) bond motifs is 1. The summed E-state index contributed by atoms with van der Waals surface area (Å²) in [6.45, 7) is 2.27. The van der Waals surface area contributed by atoms with Crippen molar-refractivity contribution in [3.8, 4) is 0 Å². The summed E-state index contributed by atoms with van der Waals surface area (Å²) in [5.41, 5.74) is -0.284. The van der Waals surface area contributed by atoms with Crippen LogP contribution in [0.1, 0.15) is 12.5 Å². The van der Waals surface area contributed by atoms with Gasteiger partial charge in [0, 0.05) is 11.9 Å². The lowest BCUT2D eigenvalue weighted by Crippen LogP contribution is -2.05. The maximum atomic E-state index is 12.5. The smallest absolute Gasteiger partial charge is 0.264 e. The summed E-state index contributed by atoms with van der Waals surface area (Å²) < 4.78 is 38.9. The maximum absolute atomic E-state index is 12.5. The van der Waals surface area contributed by atoms with E-state index in [1.54, 1.807) is 6.92 Å². The molecule has 16 heavy (non-hydrogen) atoms. The lowest BCUT2D eigenvalue weighted by Gasteiger charge is -2.06. The predicted molar refractivity (Wildman–Crippen MR) is 55.4 cm³/mol. The molecular formula is C10H8ClF3N2. The van der Waals surface area contributed by atoms with E-state index >= 15 is 0 Å². The van der Waals surface area contributed by atoms with Gasteiger partial charge in [0.1, 0.15) is 0 Å². The Balaban J connectivity index is 2.69. The summed E-state index contributed by atoms with van der Waals surface area (Å²) >= 11 is 5.81. The van der Waals surface area contributed by atoms with E-state index in [1.807, 2.05) is 0 Å². The second-order valence-corrected chi connectivity index (χ2v) is 3.69. The van der Waals surface area contributed by atoms with E-state index in [9.17, 15) is 13.2 Å². The number of aryl methyl sites for hydroxylation is 1. The van der Waals surface area contributed by atoms with Gasteiger partial charge < -0.3 is 0 Å². The van der Waals surface area contributed by atoms with E-state index in [4.69, 9.17) is 11.6 Å². The molecule has 0 spiro atoms. The highest BCUT2D eigenvalue weighted by Crippen LogP contribution is 2.33. The highest BCUT2D eigenvalue weighted by atomic mass is 35.5. The Hall–Kier alpha value is -1.23. The Morgan fingerprint density at radius 3 is 2.62 bits per heavy atom. The summed E-state index contributed by atoms with van der Waals surface area (Å²) in [6.07, 6.45) is -4.34. The van der Waals surface area contributed by atoms with Crippen molar-refractivity contribution < 1.29 is 13.2 Å². The van der Waals surface area contributed by atoms with E-state index in [0.717, 1.165) is 12.1 Å². The van der Waals surface area contributed by atoms with Gasteiger partial charge in [0.2, 0.25) is 0 Å². The number of rotatable bonds is 1. The number of aromatic nitrogens is 2. The predicted octanol–water partition coefficient (Wildman–Crippen LogP) is 3.73. The van der Waals surface area contributed by atoms with Gasteiger partial charge in [-0.05, 0) is 25.1 Å². The van der Waals surface area contributed by atoms with Crippen LogP contribution in [-0.4, -0.2) is 9.78 Å². The molecule has 0 atom stereocenters. The van der Waals surface area contributed by atoms with Gasteiger partial charge in [0.15, 0.2) is 5.15 Å². The maximum Gasteiger partial charge on any atom is 0.416 e. The van der Waals surface area contributed by atoms with E-state index < -0.39 is 11.7 Å². The quantitative estimate of drug-likeness (QED) is 0.752. The summed E-state index contributed by atoms with van der Waals surface area (Å²) in [6, 6.07) is 3.42. The number of benzene rings is 1. The average Bonchev–Trinajstić information content (AvgIpc) is 2.54. The van der Waals surface area contributed by atoms with Crippen LogP contribution < -0.4 is 0 Å². The number of halogens is 4. The molecule has 1 heterocycles. The summed E-state index contributed by atoms with van der Waals surface area (Å²) in [4.78, 5) is 0. The van der Waals surface area contributed by atoms with Gasteiger partial charge in [0.25, 0.3) is 0 Å². The van der Waals surface area contributed by atoms with Crippen molar-refractivity contribution >= 4 is 22.5 Å². The van der Waals surface area contributed by atoms with Gasteiger partial charge in [-0.25, -0.2) is 0 Å². The molecule has 6 heteroatoms. The molecule has 0 N–H and O–H groups in total. The standard InChI is InChI=1S/C10H8ClF3N2/c1-2-16-8-5-6(10(12,13)14)3-4-7(8)9(11)15-16/h3-5H,2H2,1H3. The Morgan fingerprint density at radius 2 is 2.06 bits per heavy atom. The topological polar surface area (TPSA) is 17.8 Å². The van der Waals surface area contributed by atoms with E-state index in [1.165, 1.54) is 10.7 Å². The lowest BCUT2D eigenvalue weighted by molar-refractivity contribution is -0.137. The summed E-state index contributed by atoms with van der Waals surface area (Å²) in [5, 5.41) is 4.71. The van der Waals surface area contributed by atoms with E-state index in [0.29, 0.717) is 17.4 Å². The fraction of sp³-hybridized carbons (Fsp3) is 0.300. The fourth-order valence-electron chi connectivity index (χ4n) is 1.55. The molecule has 0 amide bonds. The molecule has 0 aliphatic heterocycles. The zero-order valence-electron chi connectivity index (χ0n) is 8.35. The summed E-state index contributed by atoms with van der Waals surface area (Å²) in [7, 11) is 0. The molecule has 2 aromatic rings. The minimum absolute atomic E-state index is 0.227. The number of alkyl halides is 3. The molecule has 1 aromatic carbocycles. The van der Waals surface area contributed by atoms with Gasteiger partial charge in [0.05, 0.1) is 11.1 Å². The molecule has 0 aliphatic carbocycles. The van der Waals surface area contributed by atoms with Gasteiger partial charge >= 0.3 is 6.18 Å². The molecule has 0 unspecified atom stereocenters. The minimum Gasteiger partial charge on any atom is -0.264 e. The summed E-state index contributed by atoms with van der Waals surface area (Å²) in [5.74, 6) is 0.